The number of imidazole rings is 1. The molecular formula is C16H23N3O. The maximum atomic E-state index is 5.20. The molecule has 0 bridgehead atoms. The summed E-state index contributed by atoms with van der Waals surface area (Å²) in [6.45, 7) is 6.24. The van der Waals surface area contributed by atoms with Crippen LogP contribution in [0.5, 0.6) is 5.75 Å². The highest BCUT2D eigenvalue weighted by molar-refractivity contribution is 5.29. The number of ether oxygens (including phenoxy) is 1. The van der Waals surface area contributed by atoms with E-state index >= 15 is 0 Å². The standard InChI is InChI=1S/C16H23N3O/c1-4-9-17-10-15-11-18-12-19(15)13(2)14-5-7-16(20-3)8-6-14/h5-8,11-13,17H,4,9-10H2,1-3H3. The minimum absolute atomic E-state index is 0.266. The zero-order chi connectivity index (χ0) is 14.4. The van der Waals surface area contributed by atoms with Crippen LogP contribution in [0.4, 0.5) is 0 Å². The number of methoxy groups -OCH3 is 1. The van der Waals surface area contributed by atoms with Crippen molar-refractivity contribution in [1.29, 1.82) is 0 Å². The lowest BCUT2D eigenvalue weighted by Crippen LogP contribution is -2.18. The molecule has 0 saturated carbocycles. The summed E-state index contributed by atoms with van der Waals surface area (Å²) in [7, 11) is 1.69. The Bertz CT molecular complexity index is 519. The van der Waals surface area contributed by atoms with E-state index in [1.54, 1.807) is 7.11 Å². The van der Waals surface area contributed by atoms with Crippen molar-refractivity contribution in [2.45, 2.75) is 32.9 Å². The Morgan fingerprint density at radius 2 is 2.05 bits per heavy atom. The highest BCUT2D eigenvalue weighted by atomic mass is 16.5. The van der Waals surface area contributed by atoms with Gasteiger partial charge in [-0.1, -0.05) is 19.1 Å². The maximum absolute atomic E-state index is 5.20. The first-order valence-electron chi connectivity index (χ1n) is 7.11. The molecule has 0 fully saturated rings. The third-order valence-electron chi connectivity index (χ3n) is 3.49. The van der Waals surface area contributed by atoms with Gasteiger partial charge in [0.2, 0.25) is 0 Å². The summed E-state index contributed by atoms with van der Waals surface area (Å²) >= 11 is 0. The summed E-state index contributed by atoms with van der Waals surface area (Å²) in [6.07, 6.45) is 4.97. The molecule has 1 N–H and O–H groups in total. The Labute approximate surface area is 120 Å². The van der Waals surface area contributed by atoms with E-state index in [0.29, 0.717) is 0 Å². The normalized spacial score (nSPS) is 12.3. The lowest BCUT2D eigenvalue weighted by atomic mass is 10.1. The maximum Gasteiger partial charge on any atom is 0.118 e. The Kier molecular flexibility index (Phi) is 5.18. The van der Waals surface area contributed by atoms with Gasteiger partial charge >= 0.3 is 0 Å². The third-order valence-corrected chi connectivity index (χ3v) is 3.49. The van der Waals surface area contributed by atoms with Crippen LogP contribution in [0.25, 0.3) is 0 Å². The van der Waals surface area contributed by atoms with Crippen LogP contribution in [-0.4, -0.2) is 23.2 Å². The number of hydrogen-bond donors (Lipinski definition) is 1. The smallest absolute Gasteiger partial charge is 0.118 e. The fourth-order valence-electron chi connectivity index (χ4n) is 2.25. The fourth-order valence-corrected chi connectivity index (χ4v) is 2.25. The van der Waals surface area contributed by atoms with Gasteiger partial charge in [-0.05, 0) is 37.6 Å². The Balaban J connectivity index is 2.11. The lowest BCUT2D eigenvalue weighted by molar-refractivity contribution is 0.414. The van der Waals surface area contributed by atoms with Crippen molar-refractivity contribution in [3.63, 3.8) is 0 Å². The summed E-state index contributed by atoms with van der Waals surface area (Å²) in [5.74, 6) is 0.886. The predicted molar refractivity (Wildman–Crippen MR) is 81.0 cm³/mol. The summed E-state index contributed by atoms with van der Waals surface area (Å²) in [6, 6.07) is 8.47. The van der Waals surface area contributed by atoms with Crippen molar-refractivity contribution in [2.75, 3.05) is 13.7 Å². The van der Waals surface area contributed by atoms with Gasteiger partial charge in [0.15, 0.2) is 0 Å². The molecule has 20 heavy (non-hydrogen) atoms. The van der Waals surface area contributed by atoms with Crippen molar-refractivity contribution in [3.8, 4) is 5.75 Å². The van der Waals surface area contributed by atoms with Gasteiger partial charge in [0.05, 0.1) is 25.2 Å². The summed E-state index contributed by atoms with van der Waals surface area (Å²) in [5.41, 5.74) is 2.46. The van der Waals surface area contributed by atoms with Gasteiger partial charge in [0.1, 0.15) is 5.75 Å². The van der Waals surface area contributed by atoms with E-state index in [4.69, 9.17) is 4.74 Å². The molecule has 1 aromatic carbocycles. The van der Waals surface area contributed by atoms with Crippen LogP contribution in [-0.2, 0) is 6.54 Å². The SMILES string of the molecule is CCCNCc1cncn1C(C)c1ccc(OC)cc1. The van der Waals surface area contributed by atoms with Crippen LogP contribution in [0.3, 0.4) is 0 Å². The summed E-state index contributed by atoms with van der Waals surface area (Å²) in [4.78, 5) is 4.28. The highest BCUT2D eigenvalue weighted by Crippen LogP contribution is 2.22. The molecule has 108 valence electrons. The average Bonchev–Trinajstić information content (AvgIpc) is 2.95. The molecule has 1 aromatic heterocycles. The number of hydrogen-bond acceptors (Lipinski definition) is 3. The zero-order valence-corrected chi connectivity index (χ0v) is 12.5. The van der Waals surface area contributed by atoms with E-state index in [0.717, 1.165) is 25.3 Å². The molecule has 1 heterocycles. The van der Waals surface area contributed by atoms with Gasteiger partial charge in [0.25, 0.3) is 0 Å². The number of nitrogens with one attached hydrogen (secondary N) is 1. The second-order valence-corrected chi connectivity index (χ2v) is 4.92. The first-order valence-corrected chi connectivity index (χ1v) is 7.11. The van der Waals surface area contributed by atoms with Gasteiger partial charge in [-0.3, -0.25) is 0 Å². The number of rotatable bonds is 7. The molecule has 0 radical (unpaired) electrons. The largest absolute Gasteiger partial charge is 0.497 e. The van der Waals surface area contributed by atoms with E-state index in [2.05, 4.69) is 40.8 Å². The van der Waals surface area contributed by atoms with Crippen LogP contribution in [0.1, 0.15) is 37.6 Å². The molecule has 1 atom stereocenters. The van der Waals surface area contributed by atoms with Crippen molar-refractivity contribution in [1.82, 2.24) is 14.9 Å². The van der Waals surface area contributed by atoms with Gasteiger partial charge in [-0.15, -0.1) is 0 Å². The molecule has 0 aliphatic rings. The lowest BCUT2D eigenvalue weighted by Gasteiger charge is -2.17. The number of nitrogens with zero attached hydrogens (tertiary/aromatic N) is 2. The van der Waals surface area contributed by atoms with Crippen molar-refractivity contribution < 1.29 is 4.74 Å². The minimum Gasteiger partial charge on any atom is -0.497 e. The van der Waals surface area contributed by atoms with Crippen LogP contribution < -0.4 is 10.1 Å². The fraction of sp³-hybridized carbons (Fsp3) is 0.438. The van der Waals surface area contributed by atoms with E-state index in [9.17, 15) is 0 Å². The summed E-state index contributed by atoms with van der Waals surface area (Å²) in [5, 5.41) is 3.42. The summed E-state index contributed by atoms with van der Waals surface area (Å²) < 4.78 is 7.41. The average molecular weight is 273 g/mol. The molecule has 0 amide bonds. The molecule has 0 aliphatic heterocycles. The van der Waals surface area contributed by atoms with Crippen LogP contribution in [0, 0.1) is 0 Å². The molecule has 1 unspecified atom stereocenters. The van der Waals surface area contributed by atoms with E-state index in [-0.39, 0.29) is 6.04 Å². The predicted octanol–water partition coefficient (Wildman–Crippen LogP) is 3.00. The second-order valence-electron chi connectivity index (χ2n) is 4.92. The van der Waals surface area contributed by atoms with E-state index in [1.807, 2.05) is 24.7 Å². The number of benzene rings is 1. The zero-order valence-electron chi connectivity index (χ0n) is 12.5. The monoisotopic (exact) mass is 273 g/mol. The van der Waals surface area contributed by atoms with Gasteiger partial charge in [-0.2, -0.15) is 0 Å². The van der Waals surface area contributed by atoms with Gasteiger partial charge in [-0.25, -0.2) is 4.98 Å². The molecule has 0 saturated heterocycles. The Hall–Kier alpha value is -1.81. The molecule has 2 aromatic rings. The Morgan fingerprint density at radius 3 is 2.70 bits per heavy atom. The number of aromatic nitrogens is 2. The van der Waals surface area contributed by atoms with Crippen LogP contribution in [0.2, 0.25) is 0 Å². The topological polar surface area (TPSA) is 39.1 Å². The molecule has 4 nitrogen and oxygen atoms in total. The second kappa shape index (κ2) is 7.10. The minimum atomic E-state index is 0.266. The quantitative estimate of drug-likeness (QED) is 0.788. The first kappa shape index (κ1) is 14.6. The van der Waals surface area contributed by atoms with Gasteiger partial charge in [0, 0.05) is 12.7 Å². The molecule has 2 rings (SSSR count). The van der Waals surface area contributed by atoms with E-state index in [1.165, 1.54) is 11.3 Å². The van der Waals surface area contributed by atoms with Crippen LogP contribution >= 0.6 is 0 Å². The van der Waals surface area contributed by atoms with E-state index < -0.39 is 0 Å². The third kappa shape index (κ3) is 3.39. The van der Waals surface area contributed by atoms with Crippen molar-refractivity contribution in [2.24, 2.45) is 0 Å². The highest BCUT2D eigenvalue weighted by Gasteiger charge is 2.11. The van der Waals surface area contributed by atoms with Crippen molar-refractivity contribution >= 4 is 0 Å². The Morgan fingerprint density at radius 1 is 1.30 bits per heavy atom. The molecule has 4 heteroatoms. The van der Waals surface area contributed by atoms with Crippen LogP contribution in [0.15, 0.2) is 36.8 Å². The van der Waals surface area contributed by atoms with Crippen molar-refractivity contribution in [3.05, 3.63) is 48.0 Å². The molecular weight excluding hydrogens is 250 g/mol. The molecule has 0 spiro atoms. The molecule has 0 aliphatic carbocycles. The first-order chi connectivity index (χ1) is 9.76. The van der Waals surface area contributed by atoms with Gasteiger partial charge < -0.3 is 14.6 Å².